The zero-order chi connectivity index (χ0) is 10.7. The average molecular weight is 324 g/mol. The fourth-order valence-corrected chi connectivity index (χ4v) is 5.53. The van der Waals surface area contributed by atoms with Crippen LogP contribution in [0.2, 0.25) is 0 Å². The molecule has 0 saturated carbocycles. The molecular weight excluding hydrogens is 318 g/mol. The fourth-order valence-electron chi connectivity index (χ4n) is 1.42. The first-order valence-corrected chi connectivity index (χ1v) is 8.06. The molecule has 0 aliphatic rings. The summed E-state index contributed by atoms with van der Waals surface area (Å²) in [6, 6.07) is 10.3. The Bertz CT molecular complexity index is 572. The monoisotopic (exact) mass is 326 g/mol. The molecule has 2 aromatic rings. The second kappa shape index (κ2) is 4.67. The third-order valence-corrected chi connectivity index (χ3v) is 6.61. The van der Waals surface area contributed by atoms with Gasteiger partial charge >= 0.3 is 100 Å². The molecule has 0 unspecified atom stereocenters. The van der Waals surface area contributed by atoms with Gasteiger partial charge in [-0.25, -0.2) is 0 Å². The van der Waals surface area contributed by atoms with E-state index >= 15 is 0 Å². The van der Waals surface area contributed by atoms with Crippen molar-refractivity contribution in [1.82, 2.24) is 0 Å². The molecular formula is C11H6N2Se2. The first kappa shape index (κ1) is 10.5. The van der Waals surface area contributed by atoms with Crippen LogP contribution in [-0.2, 0) is 5.32 Å². The Morgan fingerprint density at radius 3 is 2.80 bits per heavy atom. The van der Waals surface area contributed by atoms with Crippen molar-refractivity contribution < 1.29 is 0 Å². The first-order chi connectivity index (χ1) is 7.36. The van der Waals surface area contributed by atoms with Gasteiger partial charge in [0, 0.05) is 0 Å². The fraction of sp³-hybridized carbons (Fsp3) is 0.0909. The van der Waals surface area contributed by atoms with E-state index in [1.165, 1.54) is 8.70 Å². The predicted octanol–water partition coefficient (Wildman–Crippen LogP) is 1.45. The van der Waals surface area contributed by atoms with Gasteiger partial charge in [-0.1, -0.05) is 0 Å². The van der Waals surface area contributed by atoms with Crippen molar-refractivity contribution in [1.29, 1.82) is 10.5 Å². The Labute approximate surface area is 100 Å². The van der Waals surface area contributed by atoms with Crippen molar-refractivity contribution in [3.05, 3.63) is 34.3 Å². The van der Waals surface area contributed by atoms with Crippen molar-refractivity contribution >= 4 is 39.1 Å². The predicted molar refractivity (Wildman–Crippen MR) is 60.7 cm³/mol. The summed E-state index contributed by atoms with van der Waals surface area (Å²) in [6.07, 6.45) is 0. The number of rotatable bonds is 2. The van der Waals surface area contributed by atoms with Gasteiger partial charge in [-0.2, -0.15) is 0 Å². The van der Waals surface area contributed by atoms with E-state index in [1.54, 1.807) is 0 Å². The Kier molecular flexibility index (Phi) is 3.26. The summed E-state index contributed by atoms with van der Waals surface area (Å²) in [7, 11) is 0. The van der Waals surface area contributed by atoms with Crippen LogP contribution in [0, 0.1) is 21.6 Å². The Hall–Kier alpha value is -1.02. The van der Waals surface area contributed by atoms with E-state index in [2.05, 4.69) is 17.1 Å². The van der Waals surface area contributed by atoms with E-state index in [9.17, 15) is 0 Å². The van der Waals surface area contributed by atoms with Crippen LogP contribution in [0.5, 0.6) is 0 Å². The first-order valence-electron chi connectivity index (χ1n) is 4.28. The van der Waals surface area contributed by atoms with Crippen LogP contribution in [0.25, 0.3) is 9.65 Å². The summed E-state index contributed by atoms with van der Waals surface area (Å²) in [5.41, 5.74) is 0.822. The number of benzene rings is 1. The van der Waals surface area contributed by atoms with Gasteiger partial charge in [-0.15, -0.1) is 0 Å². The number of nitriles is 2. The van der Waals surface area contributed by atoms with E-state index in [-0.39, 0.29) is 29.5 Å². The minimum atomic E-state index is -0.0127. The molecule has 1 aromatic heterocycles. The zero-order valence-electron chi connectivity index (χ0n) is 7.73. The summed E-state index contributed by atoms with van der Waals surface area (Å²) in [4.78, 5) is 2.19. The van der Waals surface area contributed by atoms with E-state index in [4.69, 9.17) is 10.5 Å². The van der Waals surface area contributed by atoms with Gasteiger partial charge in [-0.3, -0.25) is 0 Å². The van der Waals surface area contributed by atoms with Crippen LogP contribution < -0.4 is 0 Å². The zero-order valence-corrected chi connectivity index (χ0v) is 11.2. The van der Waals surface area contributed by atoms with Crippen LogP contribution in [0.15, 0.2) is 24.3 Å². The molecule has 0 radical (unpaired) electrons. The number of hydrogen-bond acceptors (Lipinski definition) is 2. The average Bonchev–Trinajstić information content (AvgIpc) is 2.63. The summed E-state index contributed by atoms with van der Waals surface area (Å²) in [5, 5.41) is 19.6. The normalized spacial score (nSPS) is 9.73. The topological polar surface area (TPSA) is 47.6 Å². The molecule has 0 amide bonds. The number of hydrogen-bond donors (Lipinski definition) is 0. The number of fused-ring (bicyclic) bond motifs is 1. The van der Waals surface area contributed by atoms with E-state index in [1.807, 2.05) is 18.2 Å². The van der Waals surface area contributed by atoms with E-state index < -0.39 is 0 Å². The molecule has 2 nitrogen and oxygen atoms in total. The van der Waals surface area contributed by atoms with Gasteiger partial charge in [-0.05, 0) is 0 Å². The Morgan fingerprint density at radius 1 is 1.27 bits per heavy atom. The van der Waals surface area contributed by atoms with Gasteiger partial charge < -0.3 is 0 Å². The standard InChI is InChI=1S/C11H6N2Se2/c12-5-9-8-3-1-2-4-10(8)15-11(9)6-14-7-13/h1-4H,6H2. The summed E-state index contributed by atoms with van der Waals surface area (Å²) in [5.74, 6) is 0. The van der Waals surface area contributed by atoms with Crippen molar-refractivity contribution in [3.8, 4) is 11.0 Å². The molecule has 0 spiro atoms. The summed E-state index contributed by atoms with van der Waals surface area (Å²) in [6.45, 7) is 0. The van der Waals surface area contributed by atoms with Crippen LogP contribution in [0.1, 0.15) is 10.0 Å². The van der Waals surface area contributed by atoms with Gasteiger partial charge in [0.05, 0.1) is 0 Å². The molecule has 0 N–H and O–H groups in total. The summed E-state index contributed by atoms with van der Waals surface area (Å²) >= 11 is 0.251. The van der Waals surface area contributed by atoms with E-state index in [0.717, 1.165) is 16.3 Å². The summed E-state index contributed by atoms with van der Waals surface area (Å²) < 4.78 is 2.48. The Balaban J connectivity index is 2.56. The van der Waals surface area contributed by atoms with Crippen molar-refractivity contribution in [2.45, 2.75) is 5.32 Å². The molecule has 1 aromatic carbocycles. The minimum absolute atomic E-state index is 0.0127. The molecule has 15 heavy (non-hydrogen) atoms. The van der Waals surface area contributed by atoms with E-state index in [0.29, 0.717) is 0 Å². The van der Waals surface area contributed by atoms with Crippen LogP contribution in [0.4, 0.5) is 0 Å². The molecule has 72 valence electrons. The van der Waals surface area contributed by atoms with Crippen LogP contribution in [0.3, 0.4) is 0 Å². The van der Waals surface area contributed by atoms with Crippen molar-refractivity contribution in [2.24, 2.45) is 0 Å². The molecule has 0 bridgehead atoms. The Morgan fingerprint density at radius 2 is 2.07 bits per heavy atom. The number of nitrogens with zero attached hydrogens (tertiary/aromatic N) is 2. The second-order valence-corrected chi connectivity index (χ2v) is 6.87. The van der Waals surface area contributed by atoms with Gasteiger partial charge in [0.1, 0.15) is 0 Å². The molecule has 0 saturated heterocycles. The molecule has 0 aliphatic carbocycles. The second-order valence-electron chi connectivity index (χ2n) is 2.89. The molecule has 0 atom stereocenters. The SMILES string of the molecule is N#C[Se]Cc1[se]c2ccccc2c1C#N. The quantitative estimate of drug-likeness (QED) is 0.785. The third kappa shape index (κ3) is 2.00. The van der Waals surface area contributed by atoms with Crippen LogP contribution in [-0.4, -0.2) is 29.5 Å². The molecule has 2 rings (SSSR count). The third-order valence-electron chi connectivity index (χ3n) is 2.05. The van der Waals surface area contributed by atoms with Gasteiger partial charge in [0.15, 0.2) is 0 Å². The maximum atomic E-state index is 9.11. The van der Waals surface area contributed by atoms with Gasteiger partial charge in [0.2, 0.25) is 0 Å². The van der Waals surface area contributed by atoms with Crippen LogP contribution >= 0.6 is 0 Å². The molecule has 4 heteroatoms. The molecule has 0 fully saturated rings. The van der Waals surface area contributed by atoms with Crippen molar-refractivity contribution in [2.75, 3.05) is 0 Å². The molecule has 1 heterocycles. The van der Waals surface area contributed by atoms with Gasteiger partial charge in [0.25, 0.3) is 0 Å². The van der Waals surface area contributed by atoms with Crippen molar-refractivity contribution in [3.63, 3.8) is 0 Å². The maximum absolute atomic E-state index is 9.11. The molecule has 0 aliphatic heterocycles.